The van der Waals surface area contributed by atoms with Crippen LogP contribution in [-0.2, 0) is 9.47 Å². The molecule has 1 saturated heterocycles. The summed E-state index contributed by atoms with van der Waals surface area (Å²) in [6.45, 7) is 6.70. The molecule has 0 saturated carbocycles. The van der Waals surface area contributed by atoms with Crippen LogP contribution in [0.2, 0.25) is 0 Å². The number of ether oxygens (including phenoxy) is 2. The average Bonchev–Trinajstić information content (AvgIpc) is 2.71. The monoisotopic (exact) mass is 305 g/mol. The Balaban J connectivity index is 2.07. The van der Waals surface area contributed by atoms with Crippen molar-refractivity contribution in [3.8, 4) is 0 Å². The minimum Gasteiger partial charge on any atom is -0.444 e. The third-order valence-electron chi connectivity index (χ3n) is 3.28. The van der Waals surface area contributed by atoms with E-state index in [-0.39, 0.29) is 12.3 Å². The summed E-state index contributed by atoms with van der Waals surface area (Å²) in [7, 11) is 0. The average molecular weight is 305 g/mol. The van der Waals surface area contributed by atoms with Crippen molar-refractivity contribution in [1.29, 1.82) is 0 Å². The summed E-state index contributed by atoms with van der Waals surface area (Å²) in [6.07, 6.45) is -0.348. The van der Waals surface area contributed by atoms with Crippen LogP contribution in [-0.4, -0.2) is 48.2 Å². The van der Waals surface area contributed by atoms with E-state index in [0.717, 1.165) is 0 Å². The number of nitrogens with zero attached hydrogens (tertiary/aromatic N) is 1. The quantitative estimate of drug-likeness (QED) is 0.788. The van der Waals surface area contributed by atoms with Crippen molar-refractivity contribution in [2.24, 2.45) is 0 Å². The van der Waals surface area contributed by atoms with Crippen LogP contribution in [0.15, 0.2) is 30.3 Å². The summed E-state index contributed by atoms with van der Waals surface area (Å²) in [5, 5.41) is 0. The lowest BCUT2D eigenvalue weighted by molar-refractivity contribution is 0.0159. The standard InChI is InChI=1S/C17H23NO4/c1-17(2,3)22-16(20)18-10-7-11-21-14(12-18)15(19)13-8-5-4-6-9-13/h4-6,8-9,14H,7,10-12H2,1-3H3. The first-order valence-electron chi connectivity index (χ1n) is 7.55. The number of carbonyl (C=O) groups excluding carboxylic acids is 2. The first kappa shape index (κ1) is 16.5. The molecule has 120 valence electrons. The Hall–Kier alpha value is -1.88. The van der Waals surface area contributed by atoms with Crippen molar-refractivity contribution in [2.45, 2.75) is 38.9 Å². The highest BCUT2D eigenvalue weighted by molar-refractivity contribution is 5.99. The van der Waals surface area contributed by atoms with Gasteiger partial charge in [-0.05, 0) is 27.2 Å². The van der Waals surface area contributed by atoms with E-state index in [1.807, 2.05) is 39.0 Å². The summed E-state index contributed by atoms with van der Waals surface area (Å²) in [5.41, 5.74) is 0.0435. The van der Waals surface area contributed by atoms with Gasteiger partial charge < -0.3 is 14.4 Å². The van der Waals surface area contributed by atoms with E-state index in [2.05, 4.69) is 0 Å². The summed E-state index contributed by atoms with van der Waals surface area (Å²) < 4.78 is 11.0. The van der Waals surface area contributed by atoms with E-state index in [9.17, 15) is 9.59 Å². The van der Waals surface area contributed by atoms with E-state index in [1.54, 1.807) is 17.0 Å². The van der Waals surface area contributed by atoms with E-state index < -0.39 is 17.8 Å². The number of hydrogen-bond donors (Lipinski definition) is 0. The predicted molar refractivity (Wildman–Crippen MR) is 82.9 cm³/mol. The van der Waals surface area contributed by atoms with Crippen molar-refractivity contribution < 1.29 is 19.1 Å². The van der Waals surface area contributed by atoms with Crippen molar-refractivity contribution in [3.63, 3.8) is 0 Å². The Bertz CT molecular complexity index is 521. The van der Waals surface area contributed by atoms with Gasteiger partial charge in [0.25, 0.3) is 0 Å². The molecule has 1 unspecified atom stereocenters. The van der Waals surface area contributed by atoms with Crippen LogP contribution in [0, 0.1) is 0 Å². The van der Waals surface area contributed by atoms with Crippen molar-refractivity contribution in [1.82, 2.24) is 4.90 Å². The number of amides is 1. The number of carbonyl (C=O) groups is 2. The molecule has 0 radical (unpaired) electrons. The number of rotatable bonds is 2. The van der Waals surface area contributed by atoms with E-state index in [4.69, 9.17) is 9.47 Å². The van der Waals surface area contributed by atoms with Gasteiger partial charge in [-0.15, -0.1) is 0 Å². The molecule has 1 aliphatic heterocycles. The maximum atomic E-state index is 12.5. The second-order valence-electron chi connectivity index (χ2n) is 6.37. The molecule has 0 aromatic heterocycles. The Labute approximate surface area is 131 Å². The molecule has 1 aliphatic rings. The first-order chi connectivity index (χ1) is 10.4. The van der Waals surface area contributed by atoms with Gasteiger partial charge in [0.05, 0.1) is 6.54 Å². The topological polar surface area (TPSA) is 55.8 Å². The molecule has 1 heterocycles. The van der Waals surface area contributed by atoms with Gasteiger partial charge in [0, 0.05) is 18.7 Å². The van der Waals surface area contributed by atoms with E-state index in [1.165, 1.54) is 0 Å². The zero-order valence-electron chi connectivity index (χ0n) is 13.4. The molecule has 1 aromatic carbocycles. The van der Waals surface area contributed by atoms with Gasteiger partial charge in [0.1, 0.15) is 11.7 Å². The van der Waals surface area contributed by atoms with Gasteiger partial charge in [-0.25, -0.2) is 4.79 Å². The summed E-state index contributed by atoms with van der Waals surface area (Å²) in [6, 6.07) is 9.01. The molecule has 1 fully saturated rings. The third-order valence-corrected chi connectivity index (χ3v) is 3.28. The van der Waals surface area contributed by atoms with Gasteiger partial charge in [-0.1, -0.05) is 30.3 Å². The first-order valence-corrected chi connectivity index (χ1v) is 7.55. The fraction of sp³-hybridized carbons (Fsp3) is 0.529. The lowest BCUT2D eigenvalue weighted by atomic mass is 10.1. The summed E-state index contributed by atoms with van der Waals surface area (Å²) in [5.74, 6) is -0.101. The van der Waals surface area contributed by atoms with Gasteiger partial charge in [-0.2, -0.15) is 0 Å². The largest absolute Gasteiger partial charge is 0.444 e. The number of benzene rings is 1. The molecule has 2 rings (SSSR count). The van der Waals surface area contributed by atoms with Crippen LogP contribution < -0.4 is 0 Å². The molecule has 22 heavy (non-hydrogen) atoms. The molecular formula is C17H23NO4. The Morgan fingerprint density at radius 2 is 1.91 bits per heavy atom. The Kier molecular flexibility index (Phi) is 5.19. The van der Waals surface area contributed by atoms with Crippen molar-refractivity contribution in [2.75, 3.05) is 19.7 Å². The molecule has 1 atom stereocenters. The minimum absolute atomic E-state index is 0.101. The van der Waals surface area contributed by atoms with Crippen LogP contribution in [0.3, 0.4) is 0 Å². The van der Waals surface area contributed by atoms with Gasteiger partial charge >= 0.3 is 6.09 Å². The number of ketones is 1. The molecular weight excluding hydrogens is 282 g/mol. The molecule has 0 N–H and O–H groups in total. The van der Waals surface area contributed by atoms with E-state index >= 15 is 0 Å². The lowest BCUT2D eigenvalue weighted by Crippen LogP contribution is -2.42. The molecule has 0 spiro atoms. The fourth-order valence-electron chi connectivity index (χ4n) is 2.26. The lowest BCUT2D eigenvalue weighted by Gasteiger charge is -2.27. The van der Waals surface area contributed by atoms with Crippen LogP contribution in [0.25, 0.3) is 0 Å². The van der Waals surface area contributed by atoms with E-state index in [0.29, 0.717) is 25.1 Å². The smallest absolute Gasteiger partial charge is 0.410 e. The highest BCUT2D eigenvalue weighted by atomic mass is 16.6. The Morgan fingerprint density at radius 1 is 1.23 bits per heavy atom. The van der Waals surface area contributed by atoms with Gasteiger partial charge in [0.2, 0.25) is 0 Å². The van der Waals surface area contributed by atoms with Crippen LogP contribution in [0.5, 0.6) is 0 Å². The number of hydrogen-bond acceptors (Lipinski definition) is 4. The SMILES string of the molecule is CC(C)(C)OC(=O)N1CCCOC(C(=O)c2ccccc2)C1. The highest BCUT2D eigenvalue weighted by Gasteiger charge is 2.30. The fourth-order valence-corrected chi connectivity index (χ4v) is 2.26. The predicted octanol–water partition coefficient (Wildman–Crippen LogP) is 2.90. The Morgan fingerprint density at radius 3 is 2.55 bits per heavy atom. The summed E-state index contributed by atoms with van der Waals surface area (Å²) >= 11 is 0. The minimum atomic E-state index is -0.641. The van der Waals surface area contributed by atoms with Gasteiger partial charge in [0.15, 0.2) is 5.78 Å². The van der Waals surface area contributed by atoms with Gasteiger partial charge in [-0.3, -0.25) is 4.79 Å². The zero-order chi connectivity index (χ0) is 16.2. The molecule has 5 nitrogen and oxygen atoms in total. The number of Topliss-reactive ketones (excluding diaryl/α,β-unsaturated/α-hetero) is 1. The molecule has 0 bridgehead atoms. The maximum Gasteiger partial charge on any atom is 0.410 e. The summed E-state index contributed by atoms with van der Waals surface area (Å²) in [4.78, 5) is 26.3. The third kappa shape index (κ3) is 4.56. The van der Waals surface area contributed by atoms with Crippen LogP contribution in [0.1, 0.15) is 37.6 Å². The molecule has 1 amide bonds. The second kappa shape index (κ2) is 6.92. The second-order valence-corrected chi connectivity index (χ2v) is 6.37. The van der Waals surface area contributed by atoms with Crippen molar-refractivity contribution >= 4 is 11.9 Å². The maximum absolute atomic E-state index is 12.5. The molecule has 5 heteroatoms. The normalized spacial score (nSPS) is 19.4. The van der Waals surface area contributed by atoms with Crippen LogP contribution >= 0.6 is 0 Å². The molecule has 1 aromatic rings. The van der Waals surface area contributed by atoms with Crippen LogP contribution in [0.4, 0.5) is 4.79 Å². The van der Waals surface area contributed by atoms with Crippen molar-refractivity contribution in [3.05, 3.63) is 35.9 Å². The molecule has 0 aliphatic carbocycles. The highest BCUT2D eigenvalue weighted by Crippen LogP contribution is 2.15. The zero-order valence-corrected chi connectivity index (χ0v) is 13.4.